The number of carbonyl (C=O) groups is 1. The van der Waals surface area contributed by atoms with Crippen LogP contribution in [-0.2, 0) is 10.0 Å². The van der Waals surface area contributed by atoms with E-state index in [0.717, 1.165) is 30.0 Å². The lowest BCUT2D eigenvalue weighted by atomic mass is 10.2. The van der Waals surface area contributed by atoms with Crippen molar-refractivity contribution in [1.82, 2.24) is 24.6 Å². The van der Waals surface area contributed by atoms with Crippen LogP contribution in [0.3, 0.4) is 0 Å². The number of aromatic nitrogens is 3. The van der Waals surface area contributed by atoms with Gasteiger partial charge < -0.3 is 10.6 Å². The Labute approximate surface area is 198 Å². The van der Waals surface area contributed by atoms with Gasteiger partial charge in [0.25, 0.3) is 0 Å². The predicted molar refractivity (Wildman–Crippen MR) is 130 cm³/mol. The summed E-state index contributed by atoms with van der Waals surface area (Å²) in [5.41, 5.74) is 1.42. The van der Waals surface area contributed by atoms with E-state index in [-0.39, 0.29) is 22.9 Å². The van der Waals surface area contributed by atoms with Crippen molar-refractivity contribution in [3.05, 3.63) is 42.1 Å². The Morgan fingerprint density at radius 3 is 2.50 bits per heavy atom. The van der Waals surface area contributed by atoms with E-state index in [1.165, 1.54) is 26.2 Å². The number of hydrogen-bond acceptors (Lipinski definition) is 7. The van der Waals surface area contributed by atoms with Crippen molar-refractivity contribution < 1.29 is 13.2 Å². The normalized spacial score (nSPS) is 14.2. The van der Waals surface area contributed by atoms with E-state index in [1.54, 1.807) is 24.4 Å². The molecule has 3 N–H and O–H groups in total. The number of urea groups is 1. The summed E-state index contributed by atoms with van der Waals surface area (Å²) in [6.45, 7) is 0. The van der Waals surface area contributed by atoms with E-state index >= 15 is 0 Å². The van der Waals surface area contributed by atoms with Crippen LogP contribution in [0.25, 0.3) is 11.0 Å². The number of sulfonamides is 1. The molecule has 1 aliphatic carbocycles. The van der Waals surface area contributed by atoms with Gasteiger partial charge in [0.05, 0.1) is 10.3 Å². The van der Waals surface area contributed by atoms with E-state index < -0.39 is 10.0 Å². The van der Waals surface area contributed by atoms with Crippen LogP contribution in [0.1, 0.15) is 31.2 Å². The Bertz CT molecular complexity index is 1360. The van der Waals surface area contributed by atoms with Gasteiger partial charge in [0.15, 0.2) is 5.65 Å². The van der Waals surface area contributed by atoms with Crippen LogP contribution < -0.4 is 16.0 Å². The van der Waals surface area contributed by atoms with E-state index in [1.807, 2.05) is 0 Å². The van der Waals surface area contributed by atoms with Crippen molar-refractivity contribution in [1.29, 1.82) is 0 Å². The molecule has 1 fully saturated rings. The minimum absolute atomic E-state index is 0.171. The molecule has 4 rings (SSSR count). The second kappa shape index (κ2) is 9.62. The summed E-state index contributed by atoms with van der Waals surface area (Å²) in [5.74, 6) is 3.12. The Hall–Kier alpha value is -3.75. The molecule has 1 aliphatic rings. The topological polar surface area (TPSA) is 129 Å². The number of pyridine rings is 1. The monoisotopic (exact) mass is 479 g/mol. The third kappa shape index (κ3) is 5.08. The van der Waals surface area contributed by atoms with Crippen LogP contribution >= 0.6 is 0 Å². The van der Waals surface area contributed by atoms with Gasteiger partial charge in [-0.25, -0.2) is 27.5 Å². The van der Waals surface area contributed by atoms with Gasteiger partial charge in [-0.15, -0.1) is 6.42 Å². The van der Waals surface area contributed by atoms with Gasteiger partial charge in [0.2, 0.25) is 16.0 Å². The Morgan fingerprint density at radius 2 is 1.85 bits per heavy atom. The first-order chi connectivity index (χ1) is 16.3. The number of terminal acetylenes is 1. The molecule has 2 heterocycles. The number of amides is 2. The van der Waals surface area contributed by atoms with Gasteiger partial charge in [0, 0.05) is 37.6 Å². The molecule has 0 bridgehead atoms. The van der Waals surface area contributed by atoms with Crippen molar-refractivity contribution >= 4 is 44.5 Å². The lowest BCUT2D eigenvalue weighted by Crippen LogP contribution is -2.36. The summed E-state index contributed by atoms with van der Waals surface area (Å²) >= 11 is 0. The third-order valence-corrected chi connectivity index (χ3v) is 7.37. The van der Waals surface area contributed by atoms with Gasteiger partial charge >= 0.3 is 6.03 Å². The lowest BCUT2D eigenvalue weighted by Gasteiger charge is -2.13. The molecule has 0 unspecified atom stereocenters. The van der Waals surface area contributed by atoms with E-state index in [9.17, 15) is 13.2 Å². The molecule has 3 aromatic rings. The molecule has 0 radical (unpaired) electrons. The average molecular weight is 480 g/mol. The number of anilines is 3. The average Bonchev–Trinajstić information content (AvgIpc) is 3.31. The van der Waals surface area contributed by atoms with Crippen molar-refractivity contribution in [2.45, 2.75) is 36.6 Å². The second-order valence-corrected chi connectivity index (χ2v) is 10.3. The first-order valence-electron chi connectivity index (χ1n) is 10.8. The molecular weight excluding hydrogens is 454 g/mol. The minimum Gasteiger partial charge on any atom is -0.335 e. The van der Waals surface area contributed by atoms with Crippen LogP contribution in [0.5, 0.6) is 0 Å². The first-order valence-corrected chi connectivity index (χ1v) is 12.2. The van der Waals surface area contributed by atoms with Crippen LogP contribution in [-0.4, -0.2) is 53.8 Å². The van der Waals surface area contributed by atoms with Gasteiger partial charge in [-0.3, -0.25) is 5.32 Å². The maximum atomic E-state index is 12.3. The zero-order valence-corrected chi connectivity index (χ0v) is 19.7. The predicted octanol–water partition coefficient (Wildman–Crippen LogP) is 3.06. The van der Waals surface area contributed by atoms with Gasteiger partial charge in [-0.05, 0) is 43.2 Å². The highest BCUT2D eigenvalue weighted by atomic mass is 32.2. The molecule has 0 spiro atoms. The zero-order valence-electron chi connectivity index (χ0n) is 18.9. The fraction of sp³-hybridized carbons (Fsp3) is 0.304. The maximum Gasteiger partial charge on any atom is 0.320 e. The first kappa shape index (κ1) is 23.4. The minimum atomic E-state index is -3.52. The zero-order chi connectivity index (χ0) is 24.3. The smallest absolute Gasteiger partial charge is 0.320 e. The standard InChI is InChI=1S/C23H25N7O3S/c1-4-15-13-20(28-23(31)26-16-7-5-6-8-16)27-21-19(15)14-24-22(29-21)25-17-9-11-18(12-10-17)34(32,33)30(2)3/h1,9-14,16H,5-8H2,2-3H3,(H3,24,25,26,27,28,29,31). The van der Waals surface area contributed by atoms with Crippen LogP contribution in [0.2, 0.25) is 0 Å². The molecular formula is C23H25N7O3S. The van der Waals surface area contributed by atoms with E-state index in [2.05, 4.69) is 36.8 Å². The third-order valence-electron chi connectivity index (χ3n) is 5.54. The number of nitrogens with zero attached hydrogens (tertiary/aromatic N) is 4. The van der Waals surface area contributed by atoms with Crippen LogP contribution in [0, 0.1) is 12.3 Å². The maximum absolute atomic E-state index is 12.3. The van der Waals surface area contributed by atoms with Crippen molar-refractivity contribution in [2.24, 2.45) is 0 Å². The molecule has 0 atom stereocenters. The molecule has 1 saturated carbocycles. The van der Waals surface area contributed by atoms with Crippen molar-refractivity contribution in [2.75, 3.05) is 24.7 Å². The molecule has 2 aromatic heterocycles. The lowest BCUT2D eigenvalue weighted by molar-refractivity contribution is 0.248. The highest BCUT2D eigenvalue weighted by Crippen LogP contribution is 2.23. The summed E-state index contributed by atoms with van der Waals surface area (Å²) < 4.78 is 25.6. The number of rotatable bonds is 6. The number of hydrogen-bond donors (Lipinski definition) is 3. The highest BCUT2D eigenvalue weighted by Gasteiger charge is 2.18. The molecule has 2 amide bonds. The highest BCUT2D eigenvalue weighted by molar-refractivity contribution is 7.89. The number of carbonyl (C=O) groups excluding carboxylic acids is 1. The molecule has 0 saturated heterocycles. The molecule has 0 aliphatic heterocycles. The second-order valence-electron chi connectivity index (χ2n) is 8.15. The summed E-state index contributed by atoms with van der Waals surface area (Å²) in [5, 5.41) is 9.28. The number of fused-ring (bicyclic) bond motifs is 1. The number of benzene rings is 1. The Kier molecular flexibility index (Phi) is 6.63. The largest absolute Gasteiger partial charge is 0.335 e. The fourth-order valence-electron chi connectivity index (χ4n) is 3.71. The van der Waals surface area contributed by atoms with E-state index in [0.29, 0.717) is 28.1 Å². The van der Waals surface area contributed by atoms with Crippen LogP contribution in [0.15, 0.2) is 41.4 Å². The molecule has 11 heteroatoms. The van der Waals surface area contributed by atoms with Crippen molar-refractivity contribution in [3.8, 4) is 12.3 Å². The Morgan fingerprint density at radius 1 is 1.15 bits per heavy atom. The van der Waals surface area contributed by atoms with E-state index in [4.69, 9.17) is 6.42 Å². The molecule has 34 heavy (non-hydrogen) atoms. The van der Waals surface area contributed by atoms with Gasteiger partial charge in [-0.2, -0.15) is 4.98 Å². The van der Waals surface area contributed by atoms with Gasteiger partial charge in [0.1, 0.15) is 5.82 Å². The van der Waals surface area contributed by atoms with Gasteiger partial charge in [-0.1, -0.05) is 18.8 Å². The molecule has 176 valence electrons. The Balaban J connectivity index is 1.55. The molecule has 1 aromatic carbocycles. The number of nitrogens with one attached hydrogen (secondary N) is 3. The fourth-order valence-corrected chi connectivity index (χ4v) is 4.61. The molecule has 10 nitrogen and oxygen atoms in total. The summed E-state index contributed by atoms with van der Waals surface area (Å²) in [7, 11) is -0.569. The van der Waals surface area contributed by atoms with Crippen LogP contribution in [0.4, 0.5) is 22.2 Å². The van der Waals surface area contributed by atoms with Crippen molar-refractivity contribution in [3.63, 3.8) is 0 Å². The SMILES string of the molecule is C#Cc1cc(NC(=O)NC2CCCC2)nc2nc(Nc3ccc(S(=O)(=O)N(C)C)cc3)ncc12. The summed E-state index contributed by atoms with van der Waals surface area (Å²) in [6.07, 6.45) is 11.4. The quantitative estimate of drug-likeness (QED) is 0.463. The summed E-state index contributed by atoms with van der Waals surface area (Å²) in [6, 6.07) is 7.69. The summed E-state index contributed by atoms with van der Waals surface area (Å²) in [4.78, 5) is 25.7.